The Bertz CT molecular complexity index is 578. The zero-order valence-electron chi connectivity index (χ0n) is 14.0. The summed E-state index contributed by atoms with van der Waals surface area (Å²) < 4.78 is 1.93. The first-order valence-corrected chi connectivity index (χ1v) is 9.43. The predicted molar refractivity (Wildman–Crippen MR) is 86.7 cm³/mol. The fourth-order valence-electron chi connectivity index (χ4n) is 5.98. The molecule has 4 bridgehead atoms. The van der Waals surface area contributed by atoms with E-state index < -0.39 is 0 Å². The lowest BCUT2D eigenvalue weighted by Crippen LogP contribution is -2.66. The number of hydrogen-bond donors (Lipinski definition) is 2. The summed E-state index contributed by atoms with van der Waals surface area (Å²) in [5.74, 6) is 5.80. The molecule has 5 heteroatoms. The molecular formula is C18H28N4O. The Hall–Kier alpha value is -0.940. The Morgan fingerprint density at radius 1 is 1.13 bits per heavy atom. The molecule has 0 unspecified atom stereocenters. The molecule has 1 heterocycles. The molecule has 5 fully saturated rings. The highest BCUT2D eigenvalue weighted by atomic mass is 16.3. The van der Waals surface area contributed by atoms with Gasteiger partial charge in [0.05, 0.1) is 13.2 Å². The van der Waals surface area contributed by atoms with E-state index in [1.165, 1.54) is 44.9 Å². The molecule has 2 N–H and O–H groups in total. The molecule has 0 aliphatic heterocycles. The van der Waals surface area contributed by atoms with Crippen LogP contribution in [0.3, 0.4) is 0 Å². The van der Waals surface area contributed by atoms with E-state index in [2.05, 4.69) is 10.4 Å². The summed E-state index contributed by atoms with van der Waals surface area (Å²) in [5.41, 5.74) is -0.0703. The van der Waals surface area contributed by atoms with E-state index in [0.717, 1.165) is 30.0 Å². The van der Waals surface area contributed by atoms with Gasteiger partial charge in [-0.2, -0.15) is 5.10 Å². The molecule has 5 aliphatic carbocycles. The van der Waals surface area contributed by atoms with E-state index in [1.807, 2.05) is 11.7 Å². The van der Waals surface area contributed by atoms with Crippen LogP contribution in [0.4, 0.5) is 0 Å². The maximum atomic E-state index is 10.3. The molecule has 0 amide bonds. The van der Waals surface area contributed by atoms with Crippen molar-refractivity contribution in [1.29, 1.82) is 0 Å². The van der Waals surface area contributed by atoms with Crippen LogP contribution in [-0.4, -0.2) is 32.0 Å². The summed E-state index contributed by atoms with van der Waals surface area (Å²) >= 11 is 0. The third-order valence-electron chi connectivity index (χ3n) is 7.24. The number of aliphatic hydroxyl groups excluding tert-OH is 1. The Kier molecular flexibility index (Phi) is 3.15. The summed E-state index contributed by atoms with van der Waals surface area (Å²) in [6.07, 6.45) is 9.18. The van der Waals surface area contributed by atoms with Gasteiger partial charge >= 0.3 is 0 Å². The third-order valence-corrected chi connectivity index (χ3v) is 7.24. The van der Waals surface area contributed by atoms with Crippen molar-refractivity contribution in [2.75, 3.05) is 6.61 Å². The first kappa shape index (κ1) is 14.4. The largest absolute Gasteiger partial charge is 0.394 e. The number of nitrogens with zero attached hydrogens (tertiary/aromatic N) is 3. The van der Waals surface area contributed by atoms with Gasteiger partial charge < -0.3 is 10.4 Å². The highest BCUT2D eigenvalue weighted by molar-refractivity contribution is 5.12. The van der Waals surface area contributed by atoms with Crippen LogP contribution >= 0.6 is 0 Å². The number of rotatable bonds is 5. The minimum Gasteiger partial charge on any atom is -0.394 e. The summed E-state index contributed by atoms with van der Waals surface area (Å²) in [4.78, 5) is 4.75. The second-order valence-corrected chi connectivity index (χ2v) is 8.64. The van der Waals surface area contributed by atoms with Gasteiger partial charge in [-0.15, -0.1) is 0 Å². The highest BCUT2D eigenvalue weighted by Gasteiger charge is 2.56. The summed E-state index contributed by atoms with van der Waals surface area (Å²) in [6.45, 7) is 1.01. The van der Waals surface area contributed by atoms with Crippen molar-refractivity contribution >= 4 is 0 Å². The fraction of sp³-hybridized carbons (Fsp3) is 0.889. The first-order chi connectivity index (χ1) is 11.2. The monoisotopic (exact) mass is 316 g/mol. The fourth-order valence-corrected chi connectivity index (χ4v) is 5.98. The molecule has 5 nitrogen and oxygen atoms in total. The summed E-state index contributed by atoms with van der Waals surface area (Å²) in [5, 5.41) is 18.7. The van der Waals surface area contributed by atoms with Gasteiger partial charge in [0.2, 0.25) is 0 Å². The molecule has 0 spiro atoms. The van der Waals surface area contributed by atoms with E-state index >= 15 is 0 Å². The number of aliphatic hydroxyl groups is 1. The average molecular weight is 316 g/mol. The molecule has 126 valence electrons. The second-order valence-electron chi connectivity index (χ2n) is 8.64. The van der Waals surface area contributed by atoms with Crippen molar-refractivity contribution < 1.29 is 5.11 Å². The highest BCUT2D eigenvalue weighted by Crippen LogP contribution is 2.58. The van der Waals surface area contributed by atoms with E-state index in [4.69, 9.17) is 4.98 Å². The Labute approximate surface area is 137 Å². The number of hydrogen-bond acceptors (Lipinski definition) is 4. The van der Waals surface area contributed by atoms with Crippen LogP contribution in [0.15, 0.2) is 0 Å². The lowest BCUT2D eigenvalue weighted by Gasteiger charge is -2.61. The van der Waals surface area contributed by atoms with Crippen LogP contribution in [0.2, 0.25) is 0 Å². The SMILES string of the molecule is Cn1nc(C2CC2)nc1CNC1(CO)C2CC3CC(C2)CC1C3. The van der Waals surface area contributed by atoms with Gasteiger partial charge in [0.1, 0.15) is 5.82 Å². The molecule has 5 aliphatic rings. The van der Waals surface area contributed by atoms with Gasteiger partial charge in [0.15, 0.2) is 5.82 Å². The molecule has 6 rings (SSSR count). The van der Waals surface area contributed by atoms with Crippen LogP contribution in [0.1, 0.15) is 62.5 Å². The normalized spacial score (nSPS) is 41.7. The summed E-state index contributed by atoms with van der Waals surface area (Å²) in [6, 6.07) is 0. The average Bonchev–Trinajstić information content (AvgIpc) is 3.31. The van der Waals surface area contributed by atoms with Gasteiger partial charge in [-0.1, -0.05) is 0 Å². The number of aryl methyl sites for hydroxylation is 1. The molecule has 0 atom stereocenters. The molecule has 5 saturated carbocycles. The lowest BCUT2D eigenvalue weighted by molar-refractivity contribution is -0.0964. The molecule has 1 aromatic rings. The standard InChI is InChI=1S/C18H28N4O/c1-22-16(20-17(21-22)13-2-3-13)9-19-18(10-23)14-5-11-4-12(7-14)8-15(18)6-11/h11-15,19,23H,2-10H2,1H3. The molecule has 1 aromatic heterocycles. The Balaban J connectivity index is 1.36. The van der Waals surface area contributed by atoms with Crippen LogP contribution < -0.4 is 5.32 Å². The molecule has 0 aromatic carbocycles. The first-order valence-electron chi connectivity index (χ1n) is 9.43. The van der Waals surface area contributed by atoms with Crippen LogP contribution in [0.5, 0.6) is 0 Å². The lowest BCUT2D eigenvalue weighted by atomic mass is 9.48. The predicted octanol–water partition coefficient (Wildman–Crippen LogP) is 1.97. The van der Waals surface area contributed by atoms with Gasteiger partial charge in [-0.05, 0) is 68.6 Å². The van der Waals surface area contributed by atoms with Gasteiger partial charge in [0.25, 0.3) is 0 Å². The zero-order chi connectivity index (χ0) is 15.6. The maximum Gasteiger partial charge on any atom is 0.154 e. The maximum absolute atomic E-state index is 10.3. The van der Waals surface area contributed by atoms with Gasteiger partial charge in [0, 0.05) is 18.5 Å². The van der Waals surface area contributed by atoms with Crippen molar-refractivity contribution in [2.45, 2.75) is 62.9 Å². The smallest absolute Gasteiger partial charge is 0.154 e. The van der Waals surface area contributed by atoms with Gasteiger partial charge in [-0.3, -0.25) is 4.68 Å². The topological polar surface area (TPSA) is 63.0 Å². The van der Waals surface area contributed by atoms with Crippen molar-refractivity contribution in [3.8, 4) is 0 Å². The number of nitrogens with one attached hydrogen (secondary N) is 1. The third kappa shape index (κ3) is 2.19. The van der Waals surface area contributed by atoms with E-state index in [0.29, 0.717) is 17.8 Å². The molecule has 0 saturated heterocycles. The van der Waals surface area contributed by atoms with Crippen molar-refractivity contribution in [1.82, 2.24) is 20.1 Å². The zero-order valence-corrected chi connectivity index (χ0v) is 14.0. The molecular weight excluding hydrogens is 288 g/mol. The van der Waals surface area contributed by atoms with Crippen molar-refractivity contribution in [3.05, 3.63) is 11.6 Å². The van der Waals surface area contributed by atoms with Crippen molar-refractivity contribution in [2.24, 2.45) is 30.7 Å². The van der Waals surface area contributed by atoms with E-state index in [-0.39, 0.29) is 12.1 Å². The summed E-state index contributed by atoms with van der Waals surface area (Å²) in [7, 11) is 2.00. The van der Waals surface area contributed by atoms with Crippen LogP contribution in [0.25, 0.3) is 0 Å². The minimum atomic E-state index is -0.0703. The minimum absolute atomic E-state index is 0.0703. The van der Waals surface area contributed by atoms with Crippen molar-refractivity contribution in [3.63, 3.8) is 0 Å². The number of aromatic nitrogens is 3. The molecule has 23 heavy (non-hydrogen) atoms. The van der Waals surface area contributed by atoms with E-state index in [9.17, 15) is 5.11 Å². The molecule has 0 radical (unpaired) electrons. The quantitative estimate of drug-likeness (QED) is 0.872. The van der Waals surface area contributed by atoms with Crippen LogP contribution in [-0.2, 0) is 13.6 Å². The van der Waals surface area contributed by atoms with E-state index in [1.54, 1.807) is 0 Å². The Morgan fingerprint density at radius 3 is 2.35 bits per heavy atom. The second kappa shape index (κ2) is 5.03. The van der Waals surface area contributed by atoms with Crippen LogP contribution in [0, 0.1) is 23.7 Å². The Morgan fingerprint density at radius 2 is 1.78 bits per heavy atom. The van der Waals surface area contributed by atoms with Gasteiger partial charge in [-0.25, -0.2) is 4.98 Å².